The van der Waals surface area contributed by atoms with Gasteiger partial charge in [-0.1, -0.05) is 250 Å². The maximum atomic E-state index is 12.9. The van der Waals surface area contributed by atoms with Crippen molar-refractivity contribution in [1.82, 2.24) is 0 Å². The normalized spacial score (nSPS) is 13.1. The summed E-state index contributed by atoms with van der Waals surface area (Å²) < 4.78 is 16.9. The van der Waals surface area contributed by atoms with Gasteiger partial charge in [-0.05, 0) is 141 Å². The van der Waals surface area contributed by atoms with Crippen LogP contribution in [0.4, 0.5) is 0 Å². The monoisotopic (exact) mass is 1060 g/mol. The minimum absolute atomic E-state index is 0.102. The summed E-state index contributed by atoms with van der Waals surface area (Å²) in [6.07, 6.45) is 91.3. The summed E-state index contributed by atoms with van der Waals surface area (Å²) in [7, 11) is 0. The summed E-state index contributed by atoms with van der Waals surface area (Å²) in [5, 5.41) is 0. The van der Waals surface area contributed by atoms with Crippen LogP contribution in [-0.4, -0.2) is 37.2 Å². The number of ether oxygens (including phenoxy) is 3. The van der Waals surface area contributed by atoms with E-state index in [-0.39, 0.29) is 31.1 Å². The van der Waals surface area contributed by atoms with Crippen LogP contribution in [0, 0.1) is 0 Å². The highest BCUT2D eigenvalue weighted by atomic mass is 16.6. The molecule has 0 spiro atoms. The Morgan fingerprint density at radius 2 is 0.506 bits per heavy atom. The van der Waals surface area contributed by atoms with Crippen LogP contribution in [0.25, 0.3) is 0 Å². The van der Waals surface area contributed by atoms with E-state index in [4.69, 9.17) is 14.2 Å². The van der Waals surface area contributed by atoms with Crippen molar-refractivity contribution < 1.29 is 28.6 Å². The Balaban J connectivity index is 4.42. The number of hydrogen-bond donors (Lipinski definition) is 0. The Hall–Kier alpha value is -4.71. The van der Waals surface area contributed by atoms with Crippen LogP contribution in [0.3, 0.4) is 0 Å². The van der Waals surface area contributed by atoms with Crippen molar-refractivity contribution in [2.75, 3.05) is 13.2 Å². The highest BCUT2D eigenvalue weighted by Gasteiger charge is 2.19. The summed E-state index contributed by atoms with van der Waals surface area (Å²) in [4.78, 5) is 38.3. The largest absolute Gasteiger partial charge is 0.462 e. The second kappa shape index (κ2) is 63.8. The molecule has 0 rings (SSSR count). The SMILES string of the molecule is CC/C=C\C/C=C\C/C=C\C/C=C\C/C=C\C/C=C\C/C=C\C/C=C\CCCCCCC(=O)OCC(COC(=O)CCCCCCC/C=C\CCCCCCCC)OC(=O)CCCCCCC/C=C\C/C=C\C/C=C\CC. The molecule has 0 fully saturated rings. The average Bonchev–Trinajstić information content (AvgIpc) is 3.43. The molecule has 6 nitrogen and oxygen atoms in total. The molecule has 0 aromatic rings. The van der Waals surface area contributed by atoms with E-state index in [2.05, 4.69) is 167 Å². The zero-order valence-electron chi connectivity index (χ0n) is 49.7. The van der Waals surface area contributed by atoms with Crippen molar-refractivity contribution in [3.8, 4) is 0 Å². The lowest BCUT2D eigenvalue weighted by molar-refractivity contribution is -0.167. The Labute approximate surface area is 474 Å². The third kappa shape index (κ3) is 62.0. The van der Waals surface area contributed by atoms with E-state index >= 15 is 0 Å². The number of unbranched alkanes of at least 4 members (excludes halogenated alkanes) is 20. The first-order valence-electron chi connectivity index (χ1n) is 31.3. The summed E-state index contributed by atoms with van der Waals surface area (Å²) >= 11 is 0. The lowest BCUT2D eigenvalue weighted by Crippen LogP contribution is -2.30. The molecule has 77 heavy (non-hydrogen) atoms. The quantitative estimate of drug-likeness (QED) is 0.0261. The highest BCUT2D eigenvalue weighted by molar-refractivity contribution is 5.71. The summed E-state index contributed by atoms with van der Waals surface area (Å²) in [6.45, 7) is 6.36. The fraction of sp³-hybridized carbons (Fsp3) is 0.620. The van der Waals surface area contributed by atoms with E-state index in [1.807, 2.05) is 0 Å². The van der Waals surface area contributed by atoms with Gasteiger partial charge in [-0.25, -0.2) is 0 Å². The Morgan fingerprint density at radius 3 is 0.805 bits per heavy atom. The predicted molar refractivity (Wildman–Crippen MR) is 334 cm³/mol. The molecule has 0 aliphatic carbocycles. The number of carbonyl (C=O) groups excluding carboxylic acids is 3. The van der Waals surface area contributed by atoms with Gasteiger partial charge in [0.2, 0.25) is 0 Å². The molecule has 0 aromatic heterocycles. The number of carbonyl (C=O) groups is 3. The second-order valence-corrected chi connectivity index (χ2v) is 20.2. The van der Waals surface area contributed by atoms with E-state index in [1.54, 1.807) is 0 Å². The van der Waals surface area contributed by atoms with Crippen LogP contribution in [-0.2, 0) is 28.6 Å². The van der Waals surface area contributed by atoms with E-state index in [0.717, 1.165) is 173 Å². The third-order valence-electron chi connectivity index (χ3n) is 12.8. The van der Waals surface area contributed by atoms with Crippen molar-refractivity contribution in [2.24, 2.45) is 0 Å². The number of esters is 3. The summed E-state index contributed by atoms with van der Waals surface area (Å²) in [6, 6.07) is 0. The maximum absolute atomic E-state index is 12.9. The number of allylic oxidation sites excluding steroid dienone is 24. The third-order valence-corrected chi connectivity index (χ3v) is 12.8. The van der Waals surface area contributed by atoms with Crippen LogP contribution in [0.1, 0.15) is 265 Å². The standard InChI is InChI=1S/C71H114O6/c1-4-7-10-13-16-19-22-25-28-29-30-31-32-33-34-35-36-37-38-39-40-41-44-46-49-52-55-58-61-64-70(73)76-67-68(77-71(74)65-62-59-56-53-50-47-43-27-24-21-18-15-12-9-6-3)66-75-69(72)63-60-57-54-51-48-45-42-26-23-20-17-14-11-8-5-2/h7,9-10,12,16,18-19,21,25-28,30-31,33-34,36-37,39-40,42-44,46,68H,4-6,8,11,13-15,17,20,22-24,29,32,35,38,41,45,47-67H2,1-3H3/b10-7-,12-9-,19-16-,21-18-,28-25-,31-30-,34-33-,37-36-,40-39-,42-26-,43-27-,46-44-. The number of rotatable bonds is 55. The van der Waals surface area contributed by atoms with Crippen molar-refractivity contribution in [1.29, 1.82) is 0 Å². The van der Waals surface area contributed by atoms with Gasteiger partial charge in [0.15, 0.2) is 6.10 Å². The van der Waals surface area contributed by atoms with Crippen molar-refractivity contribution in [2.45, 2.75) is 271 Å². The van der Waals surface area contributed by atoms with Gasteiger partial charge in [0.05, 0.1) is 0 Å². The van der Waals surface area contributed by atoms with Gasteiger partial charge in [-0.15, -0.1) is 0 Å². The molecule has 1 unspecified atom stereocenters. The molecular formula is C71H114O6. The molecule has 0 bridgehead atoms. The molecule has 0 amide bonds. The second-order valence-electron chi connectivity index (χ2n) is 20.2. The van der Waals surface area contributed by atoms with Crippen molar-refractivity contribution in [3.05, 3.63) is 146 Å². The zero-order chi connectivity index (χ0) is 55.7. The van der Waals surface area contributed by atoms with Gasteiger partial charge < -0.3 is 14.2 Å². The molecular weight excluding hydrogens is 949 g/mol. The fourth-order valence-corrected chi connectivity index (χ4v) is 8.17. The molecule has 0 heterocycles. The molecule has 0 aliphatic rings. The summed E-state index contributed by atoms with van der Waals surface area (Å²) in [5.74, 6) is -0.955. The van der Waals surface area contributed by atoms with E-state index in [1.165, 1.54) is 51.4 Å². The van der Waals surface area contributed by atoms with Crippen LogP contribution in [0.15, 0.2) is 146 Å². The predicted octanol–water partition coefficient (Wildman–Crippen LogP) is 21.5. The molecule has 0 aliphatic heterocycles. The van der Waals surface area contributed by atoms with Crippen LogP contribution >= 0.6 is 0 Å². The zero-order valence-corrected chi connectivity index (χ0v) is 49.7. The Bertz CT molecular complexity index is 1700. The molecule has 0 saturated heterocycles. The van der Waals surface area contributed by atoms with E-state index in [9.17, 15) is 14.4 Å². The van der Waals surface area contributed by atoms with Crippen molar-refractivity contribution in [3.63, 3.8) is 0 Å². The van der Waals surface area contributed by atoms with E-state index in [0.29, 0.717) is 19.3 Å². The lowest BCUT2D eigenvalue weighted by Gasteiger charge is -2.18. The molecule has 0 radical (unpaired) electrons. The molecule has 434 valence electrons. The van der Waals surface area contributed by atoms with Gasteiger partial charge in [-0.2, -0.15) is 0 Å². The first-order valence-corrected chi connectivity index (χ1v) is 31.3. The van der Waals surface area contributed by atoms with Crippen molar-refractivity contribution >= 4 is 17.9 Å². The molecule has 6 heteroatoms. The number of hydrogen-bond acceptors (Lipinski definition) is 6. The topological polar surface area (TPSA) is 78.9 Å². The minimum atomic E-state index is -0.808. The minimum Gasteiger partial charge on any atom is -0.462 e. The molecule has 0 saturated carbocycles. The molecule has 1 atom stereocenters. The van der Waals surface area contributed by atoms with Gasteiger partial charge in [0.25, 0.3) is 0 Å². The van der Waals surface area contributed by atoms with Gasteiger partial charge in [0, 0.05) is 19.3 Å². The van der Waals surface area contributed by atoms with Gasteiger partial charge in [0.1, 0.15) is 13.2 Å². The van der Waals surface area contributed by atoms with Gasteiger partial charge >= 0.3 is 17.9 Å². The highest BCUT2D eigenvalue weighted by Crippen LogP contribution is 2.14. The van der Waals surface area contributed by atoms with Gasteiger partial charge in [-0.3, -0.25) is 14.4 Å². The lowest BCUT2D eigenvalue weighted by atomic mass is 10.1. The molecule has 0 aromatic carbocycles. The smallest absolute Gasteiger partial charge is 0.306 e. The Morgan fingerprint density at radius 1 is 0.273 bits per heavy atom. The van der Waals surface area contributed by atoms with Crippen LogP contribution in [0.5, 0.6) is 0 Å². The van der Waals surface area contributed by atoms with Crippen LogP contribution < -0.4 is 0 Å². The summed E-state index contributed by atoms with van der Waals surface area (Å²) in [5.41, 5.74) is 0. The first-order chi connectivity index (χ1) is 38.0. The first kappa shape index (κ1) is 72.3. The average molecular weight is 1060 g/mol. The maximum Gasteiger partial charge on any atom is 0.306 e. The molecule has 0 N–H and O–H groups in total. The fourth-order valence-electron chi connectivity index (χ4n) is 8.17. The van der Waals surface area contributed by atoms with E-state index < -0.39 is 6.10 Å². The Kier molecular flexibility index (Phi) is 59.9. The van der Waals surface area contributed by atoms with Crippen LogP contribution in [0.2, 0.25) is 0 Å².